The van der Waals surface area contributed by atoms with E-state index in [0.29, 0.717) is 16.6 Å². The van der Waals surface area contributed by atoms with E-state index < -0.39 is 0 Å². The SMILES string of the molecule is CC(=O)c1ccc(-c2cccc(-n3cc(C(=O)N(C)C(C)C)c(=O)c4cccnc43)c2)cc1. The highest BCUT2D eigenvalue weighted by atomic mass is 16.2. The average Bonchev–Trinajstić information content (AvgIpc) is 2.83. The minimum atomic E-state index is -0.331. The third-order valence-electron chi connectivity index (χ3n) is 5.84. The highest BCUT2D eigenvalue weighted by Gasteiger charge is 2.21. The molecule has 0 saturated heterocycles. The minimum absolute atomic E-state index is 0.0182. The van der Waals surface area contributed by atoms with Gasteiger partial charge in [0.2, 0.25) is 5.43 Å². The summed E-state index contributed by atoms with van der Waals surface area (Å²) in [7, 11) is 1.69. The number of hydrogen-bond donors (Lipinski definition) is 0. The zero-order chi connectivity index (χ0) is 23.7. The predicted molar refractivity (Wildman–Crippen MR) is 130 cm³/mol. The Hall–Kier alpha value is -4.06. The van der Waals surface area contributed by atoms with Gasteiger partial charge in [-0.15, -0.1) is 0 Å². The Morgan fingerprint density at radius 2 is 1.70 bits per heavy atom. The Bertz CT molecular complexity index is 1420. The topological polar surface area (TPSA) is 72.3 Å². The number of hydrogen-bond acceptors (Lipinski definition) is 4. The first-order valence-electron chi connectivity index (χ1n) is 10.8. The summed E-state index contributed by atoms with van der Waals surface area (Å²) in [6.07, 6.45) is 3.21. The fraction of sp³-hybridized carbons (Fsp3) is 0.185. The summed E-state index contributed by atoms with van der Waals surface area (Å²) in [4.78, 5) is 43.8. The van der Waals surface area contributed by atoms with E-state index in [0.717, 1.165) is 16.8 Å². The number of aromatic nitrogens is 2. The molecule has 0 atom stereocenters. The van der Waals surface area contributed by atoms with Gasteiger partial charge in [0.05, 0.1) is 5.39 Å². The minimum Gasteiger partial charge on any atom is -0.339 e. The van der Waals surface area contributed by atoms with Crippen LogP contribution in [-0.4, -0.2) is 39.2 Å². The number of carbonyl (C=O) groups is 2. The van der Waals surface area contributed by atoms with Gasteiger partial charge in [-0.05, 0) is 56.2 Å². The van der Waals surface area contributed by atoms with E-state index in [-0.39, 0.29) is 28.7 Å². The molecule has 4 rings (SSSR count). The number of amides is 1. The molecule has 0 saturated carbocycles. The molecule has 0 radical (unpaired) electrons. The van der Waals surface area contributed by atoms with Gasteiger partial charge in [-0.1, -0.05) is 36.4 Å². The van der Waals surface area contributed by atoms with E-state index >= 15 is 0 Å². The number of Topliss-reactive ketones (excluding diaryl/α,β-unsaturated/α-hetero) is 1. The molecule has 6 nitrogen and oxygen atoms in total. The summed E-state index contributed by atoms with van der Waals surface area (Å²) in [6, 6.07) is 18.5. The van der Waals surface area contributed by atoms with E-state index in [1.807, 2.05) is 50.2 Å². The second-order valence-electron chi connectivity index (χ2n) is 8.31. The van der Waals surface area contributed by atoms with Crippen LogP contribution in [0.5, 0.6) is 0 Å². The van der Waals surface area contributed by atoms with Crippen molar-refractivity contribution in [2.75, 3.05) is 7.05 Å². The Kier molecular flexibility index (Phi) is 5.92. The molecule has 0 aliphatic carbocycles. The fourth-order valence-electron chi connectivity index (χ4n) is 3.67. The normalized spacial score (nSPS) is 11.1. The average molecular weight is 440 g/mol. The molecule has 0 fully saturated rings. The van der Waals surface area contributed by atoms with Crippen molar-refractivity contribution in [1.29, 1.82) is 0 Å². The van der Waals surface area contributed by atoms with Gasteiger partial charge in [0.1, 0.15) is 11.2 Å². The van der Waals surface area contributed by atoms with Gasteiger partial charge < -0.3 is 9.47 Å². The first-order chi connectivity index (χ1) is 15.8. The highest BCUT2D eigenvalue weighted by molar-refractivity contribution is 5.97. The lowest BCUT2D eigenvalue weighted by Crippen LogP contribution is -2.36. The fourth-order valence-corrected chi connectivity index (χ4v) is 3.67. The van der Waals surface area contributed by atoms with E-state index in [1.165, 1.54) is 0 Å². The third kappa shape index (κ3) is 4.20. The number of pyridine rings is 2. The summed E-state index contributed by atoms with van der Waals surface area (Å²) in [5, 5.41) is 0.386. The highest BCUT2D eigenvalue weighted by Crippen LogP contribution is 2.24. The maximum Gasteiger partial charge on any atom is 0.259 e. The number of nitrogens with zero attached hydrogens (tertiary/aromatic N) is 3. The van der Waals surface area contributed by atoms with Crippen molar-refractivity contribution in [3.05, 3.63) is 94.4 Å². The molecule has 6 heteroatoms. The van der Waals surface area contributed by atoms with E-state index in [4.69, 9.17) is 0 Å². The largest absolute Gasteiger partial charge is 0.339 e. The van der Waals surface area contributed by atoms with Crippen molar-refractivity contribution < 1.29 is 9.59 Å². The quantitative estimate of drug-likeness (QED) is 0.421. The maximum absolute atomic E-state index is 13.1. The number of carbonyl (C=O) groups excluding carboxylic acids is 2. The molecule has 2 aromatic heterocycles. The number of fused-ring (bicyclic) bond motifs is 1. The van der Waals surface area contributed by atoms with Crippen molar-refractivity contribution in [2.24, 2.45) is 0 Å². The molecule has 33 heavy (non-hydrogen) atoms. The molecule has 0 bridgehead atoms. The molecule has 2 heterocycles. The summed E-state index contributed by atoms with van der Waals surface area (Å²) >= 11 is 0. The number of benzene rings is 2. The second kappa shape index (κ2) is 8.82. The Balaban J connectivity index is 1.89. The van der Waals surface area contributed by atoms with Crippen molar-refractivity contribution in [3.63, 3.8) is 0 Å². The van der Waals surface area contributed by atoms with Gasteiger partial charge in [0.25, 0.3) is 5.91 Å². The van der Waals surface area contributed by atoms with Crippen LogP contribution in [0.15, 0.2) is 77.9 Å². The van der Waals surface area contributed by atoms with E-state index in [2.05, 4.69) is 4.98 Å². The molecule has 166 valence electrons. The summed E-state index contributed by atoms with van der Waals surface area (Å²) < 4.78 is 1.78. The van der Waals surface area contributed by atoms with Crippen LogP contribution in [0.3, 0.4) is 0 Å². The van der Waals surface area contributed by atoms with Crippen LogP contribution in [-0.2, 0) is 0 Å². The van der Waals surface area contributed by atoms with Crippen molar-refractivity contribution >= 4 is 22.7 Å². The van der Waals surface area contributed by atoms with Crippen LogP contribution in [0.25, 0.3) is 27.8 Å². The molecule has 1 amide bonds. The first kappa shape index (κ1) is 22.1. The van der Waals surface area contributed by atoms with E-state index in [9.17, 15) is 14.4 Å². The second-order valence-corrected chi connectivity index (χ2v) is 8.31. The summed E-state index contributed by atoms with van der Waals surface area (Å²) in [5.74, 6) is -0.310. The zero-order valence-electron chi connectivity index (χ0n) is 19.1. The Morgan fingerprint density at radius 1 is 0.970 bits per heavy atom. The molecule has 0 spiro atoms. The van der Waals surface area contributed by atoms with Gasteiger partial charge >= 0.3 is 0 Å². The maximum atomic E-state index is 13.1. The molecule has 2 aromatic carbocycles. The van der Waals surface area contributed by atoms with Crippen molar-refractivity contribution in [3.8, 4) is 16.8 Å². The zero-order valence-corrected chi connectivity index (χ0v) is 19.1. The first-order valence-corrected chi connectivity index (χ1v) is 10.8. The lowest BCUT2D eigenvalue weighted by atomic mass is 10.0. The number of ketones is 1. The molecule has 0 aliphatic rings. The summed E-state index contributed by atoms with van der Waals surface area (Å²) in [6.45, 7) is 5.35. The van der Waals surface area contributed by atoms with Crippen LogP contribution < -0.4 is 5.43 Å². The van der Waals surface area contributed by atoms with Crippen LogP contribution in [0.2, 0.25) is 0 Å². The van der Waals surface area contributed by atoms with Crippen LogP contribution in [0.4, 0.5) is 0 Å². The summed E-state index contributed by atoms with van der Waals surface area (Å²) in [5.41, 5.74) is 3.57. The lowest BCUT2D eigenvalue weighted by Gasteiger charge is -2.22. The third-order valence-corrected chi connectivity index (χ3v) is 5.84. The van der Waals surface area contributed by atoms with Crippen molar-refractivity contribution in [1.82, 2.24) is 14.5 Å². The molecule has 0 aliphatic heterocycles. The Morgan fingerprint density at radius 3 is 2.36 bits per heavy atom. The molecule has 0 N–H and O–H groups in total. The van der Waals surface area contributed by atoms with Crippen LogP contribution in [0.1, 0.15) is 41.5 Å². The standard InChI is InChI=1S/C27H25N3O3/c1-17(2)29(4)27(33)24-16-30(26-23(25(24)32)9-6-14-28-26)22-8-5-7-21(15-22)20-12-10-19(11-13-20)18(3)31/h5-17H,1-4H3. The Labute approximate surface area is 192 Å². The number of rotatable bonds is 5. The molecular formula is C27H25N3O3. The van der Waals surface area contributed by atoms with Gasteiger partial charge in [-0.25, -0.2) is 4.98 Å². The smallest absolute Gasteiger partial charge is 0.259 e. The van der Waals surface area contributed by atoms with Gasteiger partial charge in [-0.3, -0.25) is 14.4 Å². The van der Waals surface area contributed by atoms with Gasteiger partial charge in [-0.2, -0.15) is 0 Å². The molecular weight excluding hydrogens is 414 g/mol. The molecule has 4 aromatic rings. The van der Waals surface area contributed by atoms with Crippen LogP contribution >= 0.6 is 0 Å². The van der Waals surface area contributed by atoms with Gasteiger partial charge in [0.15, 0.2) is 5.78 Å². The monoisotopic (exact) mass is 439 g/mol. The lowest BCUT2D eigenvalue weighted by molar-refractivity contribution is 0.0753. The van der Waals surface area contributed by atoms with Crippen molar-refractivity contribution in [2.45, 2.75) is 26.8 Å². The predicted octanol–water partition coefficient (Wildman–Crippen LogP) is 4.74. The van der Waals surface area contributed by atoms with E-state index in [1.54, 1.807) is 60.1 Å². The van der Waals surface area contributed by atoms with Crippen LogP contribution in [0, 0.1) is 0 Å². The molecule has 0 unspecified atom stereocenters. The van der Waals surface area contributed by atoms with Gasteiger partial charge in [0, 0.05) is 36.7 Å².